The van der Waals surface area contributed by atoms with Crippen molar-refractivity contribution in [3.05, 3.63) is 12.2 Å². The van der Waals surface area contributed by atoms with Gasteiger partial charge in [0.25, 0.3) is 0 Å². The van der Waals surface area contributed by atoms with Crippen molar-refractivity contribution in [1.82, 2.24) is 0 Å². The number of carbonyl (C=O) groups is 1. The summed E-state index contributed by atoms with van der Waals surface area (Å²) in [4.78, 5) is 11.1. The Balaban J connectivity index is 3.58. The summed E-state index contributed by atoms with van der Waals surface area (Å²) in [5.74, 6) is 0.886. The van der Waals surface area contributed by atoms with E-state index in [9.17, 15) is 4.79 Å². The van der Waals surface area contributed by atoms with Crippen molar-refractivity contribution in [2.75, 3.05) is 6.61 Å². The number of hydrogen-bond donors (Lipinski definition) is 0. The summed E-state index contributed by atoms with van der Waals surface area (Å²) in [6.07, 6.45) is 2.30. The predicted molar refractivity (Wildman–Crippen MR) is 59.0 cm³/mol. The number of ether oxygens (including phenoxy) is 1. The van der Waals surface area contributed by atoms with Crippen molar-refractivity contribution < 1.29 is 9.53 Å². The van der Waals surface area contributed by atoms with Gasteiger partial charge in [0, 0.05) is 5.57 Å². The number of hydrogen-bond acceptors (Lipinski definition) is 2. The summed E-state index contributed by atoms with van der Waals surface area (Å²) in [5, 5.41) is 0. The van der Waals surface area contributed by atoms with Crippen LogP contribution in [0.25, 0.3) is 0 Å². The van der Waals surface area contributed by atoms with Crippen LogP contribution in [0, 0.1) is 11.8 Å². The standard InChI is InChI=1S/C12H22O2/c1-9(2)6-7-11(5)8-14-12(13)10(3)4/h9,11H,3,6-8H2,1-2,4-5H3. The molecule has 0 radical (unpaired) electrons. The highest BCUT2D eigenvalue weighted by atomic mass is 16.5. The van der Waals surface area contributed by atoms with Gasteiger partial charge < -0.3 is 4.74 Å². The van der Waals surface area contributed by atoms with Gasteiger partial charge in [-0.05, 0) is 25.2 Å². The van der Waals surface area contributed by atoms with E-state index in [0.29, 0.717) is 24.0 Å². The van der Waals surface area contributed by atoms with E-state index in [1.54, 1.807) is 6.92 Å². The monoisotopic (exact) mass is 198 g/mol. The Morgan fingerprint density at radius 3 is 2.29 bits per heavy atom. The van der Waals surface area contributed by atoms with Crippen LogP contribution >= 0.6 is 0 Å². The second-order valence-electron chi connectivity index (χ2n) is 4.46. The first kappa shape index (κ1) is 13.2. The fraction of sp³-hybridized carbons (Fsp3) is 0.750. The number of esters is 1. The summed E-state index contributed by atoms with van der Waals surface area (Å²) in [6.45, 7) is 12.2. The predicted octanol–water partition coefficient (Wildman–Crippen LogP) is 3.18. The molecule has 0 fully saturated rings. The van der Waals surface area contributed by atoms with Gasteiger partial charge in [-0.1, -0.05) is 33.8 Å². The van der Waals surface area contributed by atoms with Gasteiger partial charge in [0.1, 0.15) is 0 Å². The molecule has 0 rings (SSSR count). The van der Waals surface area contributed by atoms with Crippen LogP contribution in [-0.2, 0) is 9.53 Å². The van der Waals surface area contributed by atoms with E-state index in [-0.39, 0.29) is 5.97 Å². The molecule has 14 heavy (non-hydrogen) atoms. The van der Waals surface area contributed by atoms with Crippen molar-refractivity contribution in [2.24, 2.45) is 11.8 Å². The second-order valence-corrected chi connectivity index (χ2v) is 4.46. The third-order valence-electron chi connectivity index (χ3n) is 2.08. The first-order valence-electron chi connectivity index (χ1n) is 5.26. The first-order chi connectivity index (χ1) is 6.43. The Kier molecular flexibility index (Phi) is 6.26. The van der Waals surface area contributed by atoms with Crippen LogP contribution in [0.3, 0.4) is 0 Å². The molecule has 0 heterocycles. The molecule has 2 heteroatoms. The van der Waals surface area contributed by atoms with Crippen molar-refractivity contribution >= 4 is 5.97 Å². The molecule has 0 aliphatic heterocycles. The average Bonchev–Trinajstić information content (AvgIpc) is 2.10. The van der Waals surface area contributed by atoms with Gasteiger partial charge in [0.2, 0.25) is 0 Å². The van der Waals surface area contributed by atoms with Crippen LogP contribution in [0.1, 0.15) is 40.5 Å². The molecule has 0 aromatic carbocycles. The Morgan fingerprint density at radius 1 is 1.29 bits per heavy atom. The minimum Gasteiger partial charge on any atom is -0.462 e. The van der Waals surface area contributed by atoms with Gasteiger partial charge >= 0.3 is 5.97 Å². The maximum Gasteiger partial charge on any atom is 0.333 e. The molecule has 0 saturated heterocycles. The van der Waals surface area contributed by atoms with Crippen LogP contribution in [0.4, 0.5) is 0 Å². The van der Waals surface area contributed by atoms with Gasteiger partial charge in [-0.25, -0.2) is 4.79 Å². The molecule has 0 amide bonds. The van der Waals surface area contributed by atoms with Crippen molar-refractivity contribution in [3.8, 4) is 0 Å². The topological polar surface area (TPSA) is 26.3 Å². The summed E-state index contributed by atoms with van der Waals surface area (Å²) in [5.41, 5.74) is 0.473. The lowest BCUT2D eigenvalue weighted by Crippen LogP contribution is -2.12. The number of carbonyl (C=O) groups excluding carboxylic acids is 1. The highest BCUT2D eigenvalue weighted by Gasteiger charge is 2.08. The normalized spacial score (nSPS) is 12.6. The summed E-state index contributed by atoms with van der Waals surface area (Å²) >= 11 is 0. The van der Waals surface area contributed by atoms with Gasteiger partial charge in [-0.15, -0.1) is 0 Å². The SMILES string of the molecule is C=C(C)C(=O)OCC(C)CCC(C)C. The molecule has 0 N–H and O–H groups in total. The minimum absolute atomic E-state index is 0.276. The molecule has 0 saturated carbocycles. The van der Waals surface area contributed by atoms with Crippen molar-refractivity contribution in [3.63, 3.8) is 0 Å². The summed E-state index contributed by atoms with van der Waals surface area (Å²) < 4.78 is 5.06. The maximum atomic E-state index is 11.1. The van der Waals surface area contributed by atoms with Crippen molar-refractivity contribution in [2.45, 2.75) is 40.5 Å². The van der Waals surface area contributed by atoms with Crippen molar-refractivity contribution in [1.29, 1.82) is 0 Å². The lowest BCUT2D eigenvalue weighted by Gasteiger charge is -2.13. The van der Waals surface area contributed by atoms with E-state index >= 15 is 0 Å². The molecule has 0 aromatic rings. The van der Waals surface area contributed by atoms with E-state index in [1.807, 2.05) is 0 Å². The van der Waals surface area contributed by atoms with Gasteiger partial charge in [-0.3, -0.25) is 0 Å². The zero-order valence-corrected chi connectivity index (χ0v) is 9.80. The quantitative estimate of drug-likeness (QED) is 0.484. The molecule has 2 nitrogen and oxygen atoms in total. The first-order valence-corrected chi connectivity index (χ1v) is 5.26. The smallest absolute Gasteiger partial charge is 0.333 e. The zero-order chi connectivity index (χ0) is 11.1. The maximum absolute atomic E-state index is 11.1. The van der Waals surface area contributed by atoms with Gasteiger partial charge in [-0.2, -0.15) is 0 Å². The highest BCUT2D eigenvalue weighted by Crippen LogP contribution is 2.12. The van der Waals surface area contributed by atoms with Crippen LogP contribution in [0.5, 0.6) is 0 Å². The van der Waals surface area contributed by atoms with E-state index < -0.39 is 0 Å². The lowest BCUT2D eigenvalue weighted by atomic mass is 10.0. The Labute approximate surface area is 87.3 Å². The largest absolute Gasteiger partial charge is 0.462 e. The Bertz CT molecular complexity index is 194. The van der Waals surface area contributed by atoms with E-state index in [0.717, 1.165) is 6.42 Å². The third kappa shape index (κ3) is 6.70. The van der Waals surface area contributed by atoms with Crippen LogP contribution in [0.15, 0.2) is 12.2 Å². The molecule has 1 atom stereocenters. The zero-order valence-electron chi connectivity index (χ0n) is 9.80. The fourth-order valence-corrected chi connectivity index (χ4v) is 1.04. The van der Waals surface area contributed by atoms with Crippen LogP contribution in [0.2, 0.25) is 0 Å². The molecule has 0 aliphatic carbocycles. The molecular weight excluding hydrogens is 176 g/mol. The summed E-state index contributed by atoms with van der Waals surface area (Å²) in [7, 11) is 0. The molecular formula is C12H22O2. The summed E-state index contributed by atoms with van der Waals surface area (Å²) in [6, 6.07) is 0. The van der Waals surface area contributed by atoms with E-state index in [2.05, 4.69) is 27.4 Å². The third-order valence-corrected chi connectivity index (χ3v) is 2.08. The number of rotatable bonds is 6. The van der Waals surface area contributed by atoms with Gasteiger partial charge in [0.05, 0.1) is 6.61 Å². The molecule has 0 spiro atoms. The van der Waals surface area contributed by atoms with Crippen LogP contribution < -0.4 is 0 Å². The fourth-order valence-electron chi connectivity index (χ4n) is 1.04. The molecule has 0 aromatic heterocycles. The molecule has 1 unspecified atom stereocenters. The average molecular weight is 198 g/mol. The molecule has 0 bridgehead atoms. The molecule has 0 aliphatic rings. The Hall–Kier alpha value is -0.790. The highest BCUT2D eigenvalue weighted by molar-refractivity contribution is 5.86. The van der Waals surface area contributed by atoms with E-state index in [4.69, 9.17) is 4.74 Å². The second kappa shape index (κ2) is 6.63. The lowest BCUT2D eigenvalue weighted by molar-refractivity contribution is -0.140. The minimum atomic E-state index is -0.276. The van der Waals surface area contributed by atoms with Gasteiger partial charge in [0.15, 0.2) is 0 Å². The Morgan fingerprint density at radius 2 is 1.86 bits per heavy atom. The van der Waals surface area contributed by atoms with Crippen LogP contribution in [-0.4, -0.2) is 12.6 Å². The molecule has 82 valence electrons. The van der Waals surface area contributed by atoms with E-state index in [1.165, 1.54) is 6.42 Å².